The maximum atomic E-state index is 5.56. The summed E-state index contributed by atoms with van der Waals surface area (Å²) >= 11 is 0. The molecule has 1 heterocycles. The molecule has 1 fully saturated rings. The lowest BCUT2D eigenvalue weighted by Crippen LogP contribution is -2.40. The standard InChI is InChI=1S/C9H19N3/c1-7-5-4-6-8(2)12(7)11-9(3)10/h7-8H,4-6H2,1-3H3,(H2,10,11). The van der Waals surface area contributed by atoms with Crippen LogP contribution in [-0.4, -0.2) is 22.9 Å². The molecule has 2 atom stereocenters. The average Bonchev–Trinajstić information content (AvgIpc) is 1.97. The molecule has 1 saturated heterocycles. The first-order chi connectivity index (χ1) is 5.61. The van der Waals surface area contributed by atoms with Gasteiger partial charge in [-0.2, -0.15) is 5.10 Å². The SMILES string of the molecule is C/C(N)=N/N1C(C)CCCC1C. The van der Waals surface area contributed by atoms with Crippen LogP contribution in [0.25, 0.3) is 0 Å². The lowest BCUT2D eigenvalue weighted by molar-refractivity contribution is 0.108. The third kappa shape index (κ3) is 2.13. The van der Waals surface area contributed by atoms with Crippen molar-refractivity contribution in [1.29, 1.82) is 0 Å². The van der Waals surface area contributed by atoms with Crippen LogP contribution in [0.15, 0.2) is 5.10 Å². The van der Waals surface area contributed by atoms with Crippen LogP contribution >= 0.6 is 0 Å². The molecule has 1 aliphatic rings. The van der Waals surface area contributed by atoms with Crippen molar-refractivity contribution in [3.63, 3.8) is 0 Å². The van der Waals surface area contributed by atoms with Crippen molar-refractivity contribution in [1.82, 2.24) is 5.01 Å². The number of hydrogen-bond donors (Lipinski definition) is 1. The third-order valence-corrected chi connectivity index (χ3v) is 2.42. The first kappa shape index (κ1) is 9.36. The van der Waals surface area contributed by atoms with Crippen LogP contribution in [0.3, 0.4) is 0 Å². The van der Waals surface area contributed by atoms with E-state index in [4.69, 9.17) is 5.73 Å². The number of piperidine rings is 1. The molecule has 70 valence electrons. The Balaban J connectivity index is 2.63. The quantitative estimate of drug-likeness (QED) is 0.478. The molecule has 0 aliphatic carbocycles. The first-order valence-electron chi connectivity index (χ1n) is 4.70. The van der Waals surface area contributed by atoms with Gasteiger partial charge in [-0.1, -0.05) is 0 Å². The molecule has 0 amide bonds. The average molecular weight is 169 g/mol. The van der Waals surface area contributed by atoms with Crippen molar-refractivity contribution in [2.45, 2.75) is 52.1 Å². The first-order valence-corrected chi connectivity index (χ1v) is 4.70. The van der Waals surface area contributed by atoms with Gasteiger partial charge in [0.25, 0.3) is 0 Å². The second-order valence-electron chi connectivity index (χ2n) is 3.75. The molecule has 0 aromatic rings. The van der Waals surface area contributed by atoms with Gasteiger partial charge in [-0.05, 0) is 40.0 Å². The molecule has 3 nitrogen and oxygen atoms in total. The number of hydrogen-bond acceptors (Lipinski definition) is 2. The van der Waals surface area contributed by atoms with Crippen LogP contribution < -0.4 is 5.73 Å². The van der Waals surface area contributed by atoms with Gasteiger partial charge >= 0.3 is 0 Å². The molecule has 0 aromatic carbocycles. The van der Waals surface area contributed by atoms with Crippen molar-refractivity contribution in [2.75, 3.05) is 0 Å². The van der Waals surface area contributed by atoms with Gasteiger partial charge in [0, 0.05) is 12.1 Å². The molecule has 1 rings (SSSR count). The molecule has 0 aromatic heterocycles. The fourth-order valence-corrected chi connectivity index (χ4v) is 1.79. The lowest BCUT2D eigenvalue weighted by Gasteiger charge is -2.36. The second-order valence-corrected chi connectivity index (χ2v) is 3.75. The molecule has 2 N–H and O–H groups in total. The third-order valence-electron chi connectivity index (χ3n) is 2.42. The summed E-state index contributed by atoms with van der Waals surface area (Å²) in [6.45, 7) is 6.26. The van der Waals surface area contributed by atoms with Crippen molar-refractivity contribution >= 4 is 5.84 Å². The van der Waals surface area contributed by atoms with E-state index in [9.17, 15) is 0 Å². The molecule has 1 aliphatic heterocycles. The van der Waals surface area contributed by atoms with Gasteiger partial charge in [-0.25, -0.2) is 0 Å². The Hall–Kier alpha value is -0.730. The molecule has 0 bridgehead atoms. The summed E-state index contributed by atoms with van der Waals surface area (Å²) in [7, 11) is 0. The normalized spacial score (nSPS) is 32.2. The van der Waals surface area contributed by atoms with E-state index in [0.717, 1.165) is 0 Å². The van der Waals surface area contributed by atoms with E-state index in [1.54, 1.807) is 0 Å². The molecule has 12 heavy (non-hydrogen) atoms. The summed E-state index contributed by atoms with van der Waals surface area (Å²) in [6.07, 6.45) is 3.79. The van der Waals surface area contributed by atoms with Gasteiger partial charge in [0.1, 0.15) is 5.84 Å². The van der Waals surface area contributed by atoms with Gasteiger partial charge in [0.15, 0.2) is 0 Å². The number of nitrogens with zero attached hydrogens (tertiary/aromatic N) is 2. The Bertz CT molecular complexity index is 163. The van der Waals surface area contributed by atoms with E-state index in [1.807, 2.05) is 6.92 Å². The predicted molar refractivity (Wildman–Crippen MR) is 51.9 cm³/mol. The number of nitrogens with two attached hydrogens (primary N) is 1. The molecule has 0 spiro atoms. The molecule has 0 saturated carbocycles. The summed E-state index contributed by atoms with van der Waals surface area (Å²) in [5.74, 6) is 0.663. The topological polar surface area (TPSA) is 41.6 Å². The fraction of sp³-hybridized carbons (Fsp3) is 0.889. The number of amidine groups is 1. The van der Waals surface area contributed by atoms with Crippen LogP contribution in [0, 0.1) is 0 Å². The van der Waals surface area contributed by atoms with Crippen molar-refractivity contribution in [3.8, 4) is 0 Å². The Morgan fingerprint density at radius 2 is 1.83 bits per heavy atom. The minimum absolute atomic E-state index is 0.548. The van der Waals surface area contributed by atoms with Gasteiger partial charge in [-0.3, -0.25) is 5.01 Å². The highest BCUT2D eigenvalue weighted by Gasteiger charge is 2.22. The Morgan fingerprint density at radius 3 is 2.25 bits per heavy atom. The van der Waals surface area contributed by atoms with Gasteiger partial charge < -0.3 is 5.73 Å². The van der Waals surface area contributed by atoms with E-state index >= 15 is 0 Å². The highest BCUT2D eigenvalue weighted by Crippen LogP contribution is 2.22. The van der Waals surface area contributed by atoms with Crippen molar-refractivity contribution in [2.24, 2.45) is 10.8 Å². The fourth-order valence-electron chi connectivity index (χ4n) is 1.79. The van der Waals surface area contributed by atoms with E-state index in [1.165, 1.54) is 19.3 Å². The van der Waals surface area contributed by atoms with Gasteiger partial charge in [0.05, 0.1) is 0 Å². The Morgan fingerprint density at radius 1 is 1.33 bits per heavy atom. The summed E-state index contributed by atoms with van der Waals surface area (Å²) in [4.78, 5) is 0. The van der Waals surface area contributed by atoms with E-state index in [2.05, 4.69) is 24.0 Å². The zero-order valence-corrected chi connectivity index (χ0v) is 8.25. The summed E-state index contributed by atoms with van der Waals surface area (Å²) in [5.41, 5.74) is 5.56. The minimum Gasteiger partial charge on any atom is -0.386 e. The summed E-state index contributed by atoms with van der Waals surface area (Å²) in [5, 5.41) is 6.46. The van der Waals surface area contributed by atoms with Gasteiger partial charge in [-0.15, -0.1) is 0 Å². The molecule has 3 heteroatoms. The number of hydrazone groups is 1. The molecular weight excluding hydrogens is 150 g/mol. The van der Waals surface area contributed by atoms with E-state index in [-0.39, 0.29) is 0 Å². The predicted octanol–water partition coefficient (Wildman–Crippen LogP) is 1.54. The zero-order valence-electron chi connectivity index (χ0n) is 8.25. The Kier molecular flexibility index (Phi) is 2.95. The molecule has 0 radical (unpaired) electrons. The largest absolute Gasteiger partial charge is 0.386 e. The monoisotopic (exact) mass is 169 g/mol. The van der Waals surface area contributed by atoms with Crippen LogP contribution in [0.2, 0.25) is 0 Å². The highest BCUT2D eigenvalue weighted by atomic mass is 15.5. The molecular formula is C9H19N3. The lowest BCUT2D eigenvalue weighted by atomic mass is 10.00. The maximum absolute atomic E-state index is 5.56. The van der Waals surface area contributed by atoms with Crippen molar-refractivity contribution in [3.05, 3.63) is 0 Å². The Labute approximate surface area is 74.6 Å². The summed E-state index contributed by atoms with van der Waals surface area (Å²) in [6, 6.07) is 1.10. The van der Waals surface area contributed by atoms with Crippen LogP contribution in [0.1, 0.15) is 40.0 Å². The second kappa shape index (κ2) is 3.78. The summed E-state index contributed by atoms with van der Waals surface area (Å²) < 4.78 is 0. The van der Waals surface area contributed by atoms with Crippen molar-refractivity contribution < 1.29 is 0 Å². The van der Waals surface area contributed by atoms with E-state index in [0.29, 0.717) is 17.9 Å². The minimum atomic E-state index is 0.548. The van der Waals surface area contributed by atoms with Gasteiger partial charge in [0.2, 0.25) is 0 Å². The van der Waals surface area contributed by atoms with Crippen LogP contribution in [-0.2, 0) is 0 Å². The van der Waals surface area contributed by atoms with Crippen LogP contribution in [0.5, 0.6) is 0 Å². The number of rotatable bonds is 1. The van der Waals surface area contributed by atoms with Crippen LogP contribution in [0.4, 0.5) is 0 Å². The maximum Gasteiger partial charge on any atom is 0.116 e. The molecule has 2 unspecified atom stereocenters. The highest BCUT2D eigenvalue weighted by molar-refractivity contribution is 5.77. The smallest absolute Gasteiger partial charge is 0.116 e. The zero-order chi connectivity index (χ0) is 9.14. The van der Waals surface area contributed by atoms with E-state index < -0.39 is 0 Å².